The van der Waals surface area contributed by atoms with Crippen molar-refractivity contribution in [2.24, 2.45) is 5.73 Å². The predicted octanol–water partition coefficient (Wildman–Crippen LogP) is 2.11. The fraction of sp³-hybridized carbons (Fsp3) is 0.600. The third-order valence-electron chi connectivity index (χ3n) is 4.02. The molecular weight excluding hydrogens is 226 g/mol. The van der Waals surface area contributed by atoms with Crippen LogP contribution in [0.5, 0.6) is 0 Å². The van der Waals surface area contributed by atoms with Gasteiger partial charge in [-0.25, -0.2) is 0 Å². The molecule has 0 aromatic heterocycles. The molecule has 0 saturated carbocycles. The fourth-order valence-corrected chi connectivity index (χ4v) is 2.95. The number of hydrogen-bond donors (Lipinski definition) is 1. The van der Waals surface area contributed by atoms with E-state index in [9.17, 15) is 0 Å². The maximum atomic E-state index is 5.90. The van der Waals surface area contributed by atoms with Crippen molar-refractivity contribution in [2.75, 3.05) is 19.8 Å². The van der Waals surface area contributed by atoms with E-state index < -0.39 is 5.79 Å². The second-order valence-corrected chi connectivity index (χ2v) is 5.20. The van der Waals surface area contributed by atoms with Crippen LogP contribution in [-0.4, -0.2) is 19.8 Å². The first-order chi connectivity index (χ1) is 8.84. The molecule has 1 fully saturated rings. The Morgan fingerprint density at radius 1 is 1.00 bits per heavy atom. The summed E-state index contributed by atoms with van der Waals surface area (Å²) >= 11 is 0. The normalized spacial score (nSPS) is 22.5. The molecule has 0 unspecified atom stereocenters. The van der Waals surface area contributed by atoms with Crippen LogP contribution in [0.2, 0.25) is 0 Å². The van der Waals surface area contributed by atoms with Crippen molar-refractivity contribution in [1.29, 1.82) is 0 Å². The Balaban J connectivity index is 1.94. The van der Waals surface area contributed by atoms with Crippen molar-refractivity contribution in [3.63, 3.8) is 0 Å². The van der Waals surface area contributed by atoms with E-state index >= 15 is 0 Å². The minimum Gasteiger partial charge on any atom is -0.345 e. The SMILES string of the molecule is NCC1(c2ccc3c(c2)CCCC3)OCCCO1. The zero-order valence-electron chi connectivity index (χ0n) is 10.8. The topological polar surface area (TPSA) is 44.5 Å². The number of ether oxygens (including phenoxy) is 2. The molecule has 1 saturated heterocycles. The Hall–Kier alpha value is -0.900. The standard InChI is InChI=1S/C15H21NO2/c16-11-15(17-8-3-9-18-15)14-7-6-12-4-1-2-5-13(12)10-14/h6-7,10H,1-5,8-9,11,16H2. The lowest BCUT2D eigenvalue weighted by Gasteiger charge is -2.37. The molecule has 2 aliphatic rings. The fourth-order valence-electron chi connectivity index (χ4n) is 2.95. The van der Waals surface area contributed by atoms with Gasteiger partial charge in [-0.15, -0.1) is 0 Å². The van der Waals surface area contributed by atoms with Crippen LogP contribution in [-0.2, 0) is 28.1 Å². The number of fused-ring (bicyclic) bond motifs is 1. The molecule has 1 aliphatic carbocycles. The molecule has 1 aromatic carbocycles. The summed E-state index contributed by atoms with van der Waals surface area (Å²) in [7, 11) is 0. The van der Waals surface area contributed by atoms with Gasteiger partial charge in [0.15, 0.2) is 0 Å². The minimum absolute atomic E-state index is 0.381. The maximum Gasteiger partial charge on any atom is 0.207 e. The lowest BCUT2D eigenvalue weighted by Crippen LogP contribution is -2.44. The Kier molecular flexibility index (Phi) is 3.37. The second kappa shape index (κ2) is 5.00. The van der Waals surface area contributed by atoms with E-state index in [1.807, 2.05) is 0 Å². The number of rotatable bonds is 2. The highest BCUT2D eigenvalue weighted by Gasteiger charge is 2.35. The summed E-state index contributed by atoms with van der Waals surface area (Å²) in [6.45, 7) is 1.84. The molecule has 0 radical (unpaired) electrons. The third-order valence-corrected chi connectivity index (χ3v) is 4.02. The van der Waals surface area contributed by atoms with Crippen molar-refractivity contribution in [1.82, 2.24) is 0 Å². The molecule has 3 rings (SSSR count). The summed E-state index contributed by atoms with van der Waals surface area (Å²) in [5.74, 6) is -0.704. The van der Waals surface area contributed by atoms with Gasteiger partial charge in [-0.05, 0) is 43.2 Å². The molecule has 3 heteroatoms. The van der Waals surface area contributed by atoms with Gasteiger partial charge < -0.3 is 15.2 Å². The summed E-state index contributed by atoms with van der Waals surface area (Å²) in [5.41, 5.74) is 9.91. The lowest BCUT2D eigenvalue weighted by molar-refractivity contribution is -0.269. The van der Waals surface area contributed by atoms with Gasteiger partial charge in [0, 0.05) is 5.56 Å². The number of hydrogen-bond acceptors (Lipinski definition) is 3. The van der Waals surface area contributed by atoms with E-state index in [0.29, 0.717) is 6.54 Å². The van der Waals surface area contributed by atoms with Crippen LogP contribution in [0.25, 0.3) is 0 Å². The van der Waals surface area contributed by atoms with Crippen LogP contribution >= 0.6 is 0 Å². The summed E-state index contributed by atoms with van der Waals surface area (Å²) in [6, 6.07) is 6.59. The van der Waals surface area contributed by atoms with Gasteiger partial charge in [0.2, 0.25) is 5.79 Å². The third kappa shape index (κ3) is 2.07. The molecule has 3 nitrogen and oxygen atoms in total. The van der Waals surface area contributed by atoms with Gasteiger partial charge in [-0.3, -0.25) is 0 Å². The van der Waals surface area contributed by atoms with E-state index in [-0.39, 0.29) is 0 Å². The van der Waals surface area contributed by atoms with E-state index in [1.54, 1.807) is 0 Å². The summed E-state index contributed by atoms with van der Waals surface area (Å²) in [5, 5.41) is 0. The van der Waals surface area contributed by atoms with Crippen molar-refractivity contribution >= 4 is 0 Å². The molecule has 0 atom stereocenters. The van der Waals surface area contributed by atoms with Gasteiger partial charge >= 0.3 is 0 Å². The van der Waals surface area contributed by atoms with Crippen LogP contribution in [0.1, 0.15) is 36.0 Å². The predicted molar refractivity (Wildman–Crippen MR) is 70.3 cm³/mol. The van der Waals surface area contributed by atoms with Crippen LogP contribution in [0.4, 0.5) is 0 Å². The first-order valence-electron chi connectivity index (χ1n) is 6.94. The Morgan fingerprint density at radius 2 is 1.72 bits per heavy atom. The average molecular weight is 247 g/mol. The number of benzene rings is 1. The van der Waals surface area contributed by atoms with Crippen molar-refractivity contribution < 1.29 is 9.47 Å². The van der Waals surface area contributed by atoms with Gasteiger partial charge in [0.1, 0.15) is 0 Å². The molecular formula is C15H21NO2. The Morgan fingerprint density at radius 3 is 2.44 bits per heavy atom. The zero-order chi connectivity index (χ0) is 12.4. The quantitative estimate of drug-likeness (QED) is 0.870. The van der Waals surface area contributed by atoms with E-state index in [1.165, 1.54) is 36.8 Å². The summed E-state index contributed by atoms with van der Waals surface area (Å²) in [6.07, 6.45) is 5.92. The van der Waals surface area contributed by atoms with Gasteiger partial charge in [-0.2, -0.15) is 0 Å². The molecule has 0 spiro atoms. The minimum atomic E-state index is -0.704. The van der Waals surface area contributed by atoms with Gasteiger partial charge in [-0.1, -0.05) is 18.2 Å². The monoisotopic (exact) mass is 247 g/mol. The van der Waals surface area contributed by atoms with E-state index in [2.05, 4.69) is 18.2 Å². The first kappa shape index (κ1) is 12.2. The first-order valence-corrected chi connectivity index (χ1v) is 6.94. The largest absolute Gasteiger partial charge is 0.345 e. The molecule has 0 amide bonds. The van der Waals surface area contributed by atoms with Gasteiger partial charge in [0.25, 0.3) is 0 Å². The van der Waals surface area contributed by atoms with E-state index in [4.69, 9.17) is 15.2 Å². The Labute approximate surface area is 108 Å². The number of aryl methyl sites for hydroxylation is 2. The highest BCUT2D eigenvalue weighted by molar-refractivity contribution is 5.36. The van der Waals surface area contributed by atoms with Crippen LogP contribution in [0, 0.1) is 0 Å². The van der Waals surface area contributed by atoms with Crippen LogP contribution in [0.3, 0.4) is 0 Å². The van der Waals surface area contributed by atoms with Gasteiger partial charge in [0.05, 0.1) is 19.8 Å². The Bertz CT molecular complexity index is 425. The van der Waals surface area contributed by atoms with Crippen molar-refractivity contribution in [3.8, 4) is 0 Å². The second-order valence-electron chi connectivity index (χ2n) is 5.20. The molecule has 1 aliphatic heterocycles. The molecule has 1 heterocycles. The lowest BCUT2D eigenvalue weighted by atomic mass is 9.88. The maximum absolute atomic E-state index is 5.90. The molecule has 1 aromatic rings. The molecule has 18 heavy (non-hydrogen) atoms. The van der Waals surface area contributed by atoms with Crippen molar-refractivity contribution in [2.45, 2.75) is 37.9 Å². The summed E-state index contributed by atoms with van der Waals surface area (Å²) in [4.78, 5) is 0. The molecule has 0 bridgehead atoms. The molecule has 2 N–H and O–H groups in total. The highest BCUT2D eigenvalue weighted by atomic mass is 16.7. The van der Waals surface area contributed by atoms with Crippen LogP contribution in [0.15, 0.2) is 18.2 Å². The highest BCUT2D eigenvalue weighted by Crippen LogP contribution is 2.32. The number of nitrogens with two attached hydrogens (primary N) is 1. The van der Waals surface area contributed by atoms with Crippen molar-refractivity contribution in [3.05, 3.63) is 34.9 Å². The summed E-state index contributed by atoms with van der Waals surface area (Å²) < 4.78 is 11.7. The average Bonchev–Trinajstić information content (AvgIpc) is 2.47. The van der Waals surface area contributed by atoms with Crippen LogP contribution < -0.4 is 5.73 Å². The molecule has 98 valence electrons. The van der Waals surface area contributed by atoms with E-state index in [0.717, 1.165) is 25.2 Å². The zero-order valence-corrected chi connectivity index (χ0v) is 10.8. The smallest absolute Gasteiger partial charge is 0.207 e.